The van der Waals surface area contributed by atoms with E-state index in [0.717, 1.165) is 56.9 Å². The first-order chi connectivity index (χ1) is 17.8. The number of benzene rings is 1. The van der Waals surface area contributed by atoms with Crippen LogP contribution in [0.15, 0.2) is 47.2 Å². The molecule has 10 heteroatoms. The summed E-state index contributed by atoms with van der Waals surface area (Å²) in [6.07, 6.45) is 4.50. The van der Waals surface area contributed by atoms with Crippen LogP contribution in [0.1, 0.15) is 37.8 Å². The van der Waals surface area contributed by atoms with Crippen molar-refractivity contribution in [2.45, 2.75) is 39.0 Å². The number of Topliss-reactive ketones (excluding diaryl/α,β-unsaturated/α-hetero) is 1. The second-order valence-corrected chi connectivity index (χ2v) is 11.3. The van der Waals surface area contributed by atoms with Crippen LogP contribution in [0.4, 0.5) is 5.95 Å². The van der Waals surface area contributed by atoms with Gasteiger partial charge in [0.1, 0.15) is 21.9 Å². The summed E-state index contributed by atoms with van der Waals surface area (Å²) in [5.41, 5.74) is 4.33. The van der Waals surface area contributed by atoms with Crippen molar-refractivity contribution in [3.63, 3.8) is 0 Å². The fourth-order valence-electron chi connectivity index (χ4n) is 4.37. The van der Waals surface area contributed by atoms with Crippen molar-refractivity contribution in [1.29, 1.82) is 0 Å². The van der Waals surface area contributed by atoms with Gasteiger partial charge in [-0.05, 0) is 5.56 Å². The zero-order valence-electron chi connectivity index (χ0n) is 21.1. The Bertz CT molecular complexity index is 1570. The molecule has 1 aromatic carbocycles. The highest BCUT2D eigenvalue weighted by Crippen LogP contribution is 2.29. The van der Waals surface area contributed by atoms with Crippen molar-refractivity contribution in [2.75, 3.05) is 31.2 Å². The molecule has 0 radical (unpaired) electrons. The van der Waals surface area contributed by atoms with Crippen LogP contribution < -0.4 is 4.90 Å². The van der Waals surface area contributed by atoms with Crippen LogP contribution in [0.25, 0.3) is 26.6 Å². The van der Waals surface area contributed by atoms with E-state index in [9.17, 15) is 4.79 Å². The van der Waals surface area contributed by atoms with Gasteiger partial charge in [0.2, 0.25) is 5.95 Å². The van der Waals surface area contributed by atoms with Gasteiger partial charge in [-0.2, -0.15) is 0 Å². The Morgan fingerprint density at radius 2 is 1.86 bits per heavy atom. The second-order valence-electron chi connectivity index (χ2n) is 10.4. The number of ether oxygens (including phenoxy) is 1. The molecular formula is C27H28N6O3S. The summed E-state index contributed by atoms with van der Waals surface area (Å²) in [5, 5.41) is 4.06. The van der Waals surface area contributed by atoms with E-state index < -0.39 is 0 Å². The molecule has 4 aromatic heterocycles. The van der Waals surface area contributed by atoms with Crippen molar-refractivity contribution >= 4 is 38.4 Å². The van der Waals surface area contributed by atoms with Gasteiger partial charge >= 0.3 is 0 Å². The minimum atomic E-state index is -0.128. The Kier molecular flexibility index (Phi) is 6.00. The lowest BCUT2D eigenvalue weighted by molar-refractivity contribution is -0.117. The molecular weight excluding hydrogens is 488 g/mol. The lowest BCUT2D eigenvalue weighted by Gasteiger charge is -2.26. The average molecular weight is 517 g/mol. The molecule has 0 atom stereocenters. The molecule has 0 saturated carbocycles. The maximum Gasteiger partial charge on any atom is 0.226 e. The van der Waals surface area contributed by atoms with Gasteiger partial charge in [0, 0.05) is 42.8 Å². The highest BCUT2D eigenvalue weighted by Gasteiger charge is 2.21. The first-order valence-corrected chi connectivity index (χ1v) is 13.2. The molecule has 0 spiro atoms. The van der Waals surface area contributed by atoms with Crippen LogP contribution in [0.2, 0.25) is 0 Å². The molecule has 1 fully saturated rings. The molecule has 0 amide bonds. The summed E-state index contributed by atoms with van der Waals surface area (Å²) in [7, 11) is 0. The Morgan fingerprint density at radius 1 is 1.08 bits per heavy atom. The van der Waals surface area contributed by atoms with Crippen LogP contribution in [-0.4, -0.2) is 56.6 Å². The quantitative estimate of drug-likeness (QED) is 0.326. The zero-order chi connectivity index (χ0) is 25.6. The number of carbonyl (C=O) groups is 1. The van der Waals surface area contributed by atoms with Gasteiger partial charge < -0.3 is 14.2 Å². The number of morpholine rings is 1. The summed E-state index contributed by atoms with van der Waals surface area (Å²) in [4.78, 5) is 30.7. The van der Waals surface area contributed by atoms with Crippen molar-refractivity contribution in [2.24, 2.45) is 0 Å². The molecule has 9 nitrogen and oxygen atoms in total. The molecule has 6 rings (SSSR count). The third kappa shape index (κ3) is 4.86. The Balaban J connectivity index is 1.15. The monoisotopic (exact) mass is 516 g/mol. The minimum Gasteiger partial charge on any atom is -0.378 e. The lowest BCUT2D eigenvalue weighted by atomic mass is 9.93. The third-order valence-corrected chi connectivity index (χ3v) is 7.43. The summed E-state index contributed by atoms with van der Waals surface area (Å²) < 4.78 is 12.9. The molecule has 0 bridgehead atoms. The van der Waals surface area contributed by atoms with Gasteiger partial charge in [-0.15, -0.1) is 0 Å². The van der Waals surface area contributed by atoms with E-state index in [1.54, 1.807) is 11.3 Å². The highest BCUT2D eigenvalue weighted by molar-refractivity contribution is 7.23. The van der Waals surface area contributed by atoms with Gasteiger partial charge in [-0.1, -0.05) is 61.5 Å². The van der Waals surface area contributed by atoms with Gasteiger partial charge in [-0.3, -0.25) is 9.20 Å². The molecule has 190 valence electrons. The van der Waals surface area contributed by atoms with E-state index in [1.165, 1.54) is 0 Å². The van der Waals surface area contributed by atoms with E-state index >= 15 is 0 Å². The number of imidazole rings is 1. The van der Waals surface area contributed by atoms with E-state index in [4.69, 9.17) is 19.2 Å². The maximum atomic E-state index is 12.6. The molecule has 5 heterocycles. The van der Waals surface area contributed by atoms with E-state index in [0.29, 0.717) is 25.3 Å². The first-order valence-electron chi connectivity index (χ1n) is 12.4. The van der Waals surface area contributed by atoms with Crippen LogP contribution in [0, 0.1) is 0 Å². The summed E-state index contributed by atoms with van der Waals surface area (Å²) in [6, 6.07) is 9.87. The fraction of sp³-hybridized carbons (Fsp3) is 0.370. The third-order valence-electron chi connectivity index (χ3n) is 6.47. The number of nitrogens with zero attached hydrogens (tertiary/aromatic N) is 6. The number of anilines is 1. The number of hydrogen-bond donors (Lipinski definition) is 0. The van der Waals surface area contributed by atoms with E-state index in [1.807, 2.05) is 47.1 Å². The average Bonchev–Trinajstić information content (AvgIpc) is 3.59. The van der Waals surface area contributed by atoms with Crippen LogP contribution in [-0.2, 0) is 27.8 Å². The topological polar surface area (TPSA) is 98.7 Å². The molecule has 0 N–H and O–H groups in total. The molecule has 5 aromatic rings. The SMILES string of the molecule is CC(C)(C)c1cc(CC(=O)Cc2ccc(-c3cn4c(n3)sc3nc(N5CCOCC5)ncc34)cc2)no1. The van der Waals surface area contributed by atoms with Crippen molar-refractivity contribution in [3.05, 3.63) is 59.7 Å². The molecule has 1 aliphatic rings. The van der Waals surface area contributed by atoms with Crippen molar-refractivity contribution < 1.29 is 14.1 Å². The van der Waals surface area contributed by atoms with Crippen molar-refractivity contribution in [3.8, 4) is 11.3 Å². The zero-order valence-corrected chi connectivity index (χ0v) is 21.9. The largest absolute Gasteiger partial charge is 0.378 e. The number of hydrogen-bond acceptors (Lipinski definition) is 9. The van der Waals surface area contributed by atoms with Gasteiger partial charge in [-0.25, -0.2) is 15.0 Å². The predicted octanol–water partition coefficient (Wildman–Crippen LogP) is 4.48. The van der Waals surface area contributed by atoms with Crippen molar-refractivity contribution in [1.82, 2.24) is 24.5 Å². The highest BCUT2D eigenvalue weighted by atomic mass is 32.1. The summed E-state index contributed by atoms with van der Waals surface area (Å²) in [5.74, 6) is 1.63. The standard InChI is InChI=1S/C27H28N6O3S/c1-27(2,3)23-14-19(31-36-23)13-20(34)12-17-4-6-18(7-5-17)21-16-33-22-15-28-25(32-8-10-35-11-9-32)30-24(22)37-26(33)29-21/h4-7,14-16H,8-13H2,1-3H3. The van der Waals surface area contributed by atoms with Crippen LogP contribution >= 0.6 is 11.3 Å². The Labute approximate surface area is 218 Å². The molecule has 1 saturated heterocycles. The number of thiazole rings is 1. The number of fused-ring (bicyclic) bond motifs is 3. The van der Waals surface area contributed by atoms with Gasteiger partial charge in [0.25, 0.3) is 0 Å². The molecule has 0 aliphatic carbocycles. The smallest absolute Gasteiger partial charge is 0.226 e. The molecule has 1 aliphatic heterocycles. The number of rotatable bonds is 6. The van der Waals surface area contributed by atoms with Crippen LogP contribution in [0.3, 0.4) is 0 Å². The lowest BCUT2D eigenvalue weighted by Crippen LogP contribution is -2.37. The fourth-order valence-corrected chi connectivity index (χ4v) is 5.32. The van der Waals surface area contributed by atoms with E-state index in [-0.39, 0.29) is 17.6 Å². The van der Waals surface area contributed by atoms with Crippen LogP contribution in [0.5, 0.6) is 0 Å². The molecule has 0 unspecified atom stereocenters. The van der Waals surface area contributed by atoms with Gasteiger partial charge in [0.05, 0.1) is 37.2 Å². The van der Waals surface area contributed by atoms with Gasteiger partial charge in [0.15, 0.2) is 4.96 Å². The summed E-state index contributed by atoms with van der Waals surface area (Å²) in [6.45, 7) is 9.18. The minimum absolute atomic E-state index is 0.104. The maximum absolute atomic E-state index is 12.6. The Hall–Kier alpha value is -3.63. The number of ketones is 1. The number of carbonyl (C=O) groups excluding carboxylic acids is 1. The number of aromatic nitrogens is 5. The second kappa shape index (κ2) is 9.35. The first kappa shape index (κ1) is 23.7. The molecule has 37 heavy (non-hydrogen) atoms. The normalized spacial score (nSPS) is 14.6. The van der Waals surface area contributed by atoms with E-state index in [2.05, 4.69) is 35.8 Å². The predicted molar refractivity (Wildman–Crippen MR) is 142 cm³/mol. The Morgan fingerprint density at radius 3 is 2.59 bits per heavy atom. The summed E-state index contributed by atoms with van der Waals surface area (Å²) >= 11 is 1.56.